The number of aliphatic carboxylic acids is 1. The van der Waals surface area contributed by atoms with Gasteiger partial charge in [-0.25, -0.2) is 4.79 Å². The van der Waals surface area contributed by atoms with Gasteiger partial charge in [-0.05, 0) is 28.1 Å². The number of para-hydroxylation sites is 1. The van der Waals surface area contributed by atoms with Crippen LogP contribution in [0.15, 0.2) is 22.8 Å². The first kappa shape index (κ1) is 10.8. The molecular weight excluding hydrogens is 276 g/mol. The number of benzene rings is 1. The molecular formula is C10H7BrN2O3. The molecule has 1 aromatic carbocycles. The second-order valence-corrected chi connectivity index (χ2v) is 4.00. The zero-order valence-corrected chi connectivity index (χ0v) is 9.85. The van der Waals surface area contributed by atoms with E-state index >= 15 is 0 Å². The SMILES string of the molecule is Cn1nc(Br)c2cccc(C(=O)C(=O)O)c21. The zero-order chi connectivity index (χ0) is 11.9. The molecule has 1 heterocycles. The van der Waals surface area contributed by atoms with Crippen LogP contribution >= 0.6 is 15.9 Å². The minimum atomic E-state index is -1.47. The summed E-state index contributed by atoms with van der Waals surface area (Å²) in [4.78, 5) is 22.1. The number of carbonyl (C=O) groups is 2. The first-order valence-corrected chi connectivity index (χ1v) is 5.20. The van der Waals surface area contributed by atoms with Crippen molar-refractivity contribution in [2.75, 3.05) is 0 Å². The maximum absolute atomic E-state index is 11.5. The Labute approximate surface area is 98.8 Å². The molecule has 6 heteroatoms. The number of halogens is 1. The summed E-state index contributed by atoms with van der Waals surface area (Å²) in [6.45, 7) is 0. The topological polar surface area (TPSA) is 72.2 Å². The second kappa shape index (κ2) is 3.71. The molecule has 0 spiro atoms. The molecule has 0 fully saturated rings. The van der Waals surface area contributed by atoms with E-state index in [1.165, 1.54) is 10.7 Å². The fourth-order valence-corrected chi connectivity index (χ4v) is 2.15. The lowest BCUT2D eigenvalue weighted by Gasteiger charge is -2.00. The van der Waals surface area contributed by atoms with E-state index in [0.717, 1.165) is 5.39 Å². The van der Waals surface area contributed by atoms with E-state index in [1.54, 1.807) is 19.2 Å². The van der Waals surface area contributed by atoms with Crippen molar-refractivity contribution in [1.82, 2.24) is 9.78 Å². The number of hydrogen-bond donors (Lipinski definition) is 1. The van der Waals surface area contributed by atoms with E-state index < -0.39 is 11.8 Å². The van der Waals surface area contributed by atoms with E-state index in [-0.39, 0.29) is 5.56 Å². The number of Topliss-reactive ketones (excluding diaryl/α,β-unsaturated/α-hetero) is 1. The van der Waals surface area contributed by atoms with Crippen LogP contribution in [0.4, 0.5) is 0 Å². The molecule has 2 aromatic rings. The third-order valence-electron chi connectivity index (χ3n) is 2.26. The lowest BCUT2D eigenvalue weighted by Crippen LogP contribution is -2.14. The molecule has 0 saturated carbocycles. The van der Waals surface area contributed by atoms with Gasteiger partial charge in [0.2, 0.25) is 0 Å². The predicted molar refractivity (Wildman–Crippen MR) is 60.4 cm³/mol. The van der Waals surface area contributed by atoms with Crippen LogP contribution < -0.4 is 0 Å². The van der Waals surface area contributed by atoms with Gasteiger partial charge in [0.15, 0.2) is 0 Å². The summed E-state index contributed by atoms with van der Waals surface area (Å²) in [5.74, 6) is -2.40. The van der Waals surface area contributed by atoms with Crippen molar-refractivity contribution in [1.29, 1.82) is 0 Å². The first-order valence-electron chi connectivity index (χ1n) is 4.41. The Balaban J connectivity index is 2.80. The summed E-state index contributed by atoms with van der Waals surface area (Å²) in [5.41, 5.74) is 0.660. The van der Waals surface area contributed by atoms with Crippen LogP contribution in [0.5, 0.6) is 0 Å². The lowest BCUT2D eigenvalue weighted by molar-refractivity contribution is -0.131. The number of aryl methyl sites for hydroxylation is 1. The Bertz CT molecular complexity index is 603. The molecule has 0 amide bonds. The molecule has 0 saturated heterocycles. The number of hydrogen-bond acceptors (Lipinski definition) is 3. The minimum Gasteiger partial charge on any atom is -0.475 e. The number of ketones is 1. The van der Waals surface area contributed by atoms with Gasteiger partial charge in [0.05, 0.1) is 11.1 Å². The molecule has 0 aliphatic carbocycles. The van der Waals surface area contributed by atoms with E-state index in [2.05, 4.69) is 21.0 Å². The van der Waals surface area contributed by atoms with Crippen LogP contribution in [-0.2, 0) is 11.8 Å². The van der Waals surface area contributed by atoms with Crippen molar-refractivity contribution in [2.45, 2.75) is 0 Å². The Morgan fingerprint density at radius 1 is 1.44 bits per heavy atom. The molecule has 1 N–H and O–H groups in total. The summed E-state index contributed by atoms with van der Waals surface area (Å²) >= 11 is 3.25. The molecule has 2 rings (SSSR count). The summed E-state index contributed by atoms with van der Waals surface area (Å²) in [7, 11) is 1.66. The van der Waals surface area contributed by atoms with Gasteiger partial charge in [-0.3, -0.25) is 9.48 Å². The lowest BCUT2D eigenvalue weighted by atomic mass is 10.1. The van der Waals surface area contributed by atoms with E-state index in [9.17, 15) is 9.59 Å². The normalized spacial score (nSPS) is 10.6. The smallest absolute Gasteiger partial charge is 0.377 e. The van der Waals surface area contributed by atoms with Crippen LogP contribution in [-0.4, -0.2) is 26.6 Å². The quantitative estimate of drug-likeness (QED) is 0.671. The van der Waals surface area contributed by atoms with E-state index in [4.69, 9.17) is 5.11 Å². The van der Waals surface area contributed by atoms with E-state index in [0.29, 0.717) is 10.1 Å². The molecule has 0 aliphatic heterocycles. The van der Waals surface area contributed by atoms with Crippen molar-refractivity contribution < 1.29 is 14.7 Å². The number of carboxylic acids is 1. The largest absolute Gasteiger partial charge is 0.475 e. The fraction of sp³-hybridized carbons (Fsp3) is 0.100. The van der Waals surface area contributed by atoms with Crippen molar-refractivity contribution in [3.8, 4) is 0 Å². The van der Waals surface area contributed by atoms with Crippen LogP contribution in [0.2, 0.25) is 0 Å². The Kier molecular flexibility index (Phi) is 2.51. The van der Waals surface area contributed by atoms with Gasteiger partial charge in [-0.1, -0.05) is 6.07 Å². The minimum absolute atomic E-state index is 0.144. The molecule has 0 radical (unpaired) electrons. The predicted octanol–water partition coefficient (Wildman–Crippen LogP) is 1.60. The van der Waals surface area contributed by atoms with Crippen LogP contribution in [0.1, 0.15) is 10.4 Å². The number of nitrogens with zero attached hydrogens (tertiary/aromatic N) is 2. The highest BCUT2D eigenvalue weighted by Gasteiger charge is 2.20. The highest BCUT2D eigenvalue weighted by Crippen LogP contribution is 2.25. The summed E-state index contributed by atoms with van der Waals surface area (Å²) < 4.78 is 2.07. The van der Waals surface area contributed by atoms with Crippen LogP contribution in [0.3, 0.4) is 0 Å². The molecule has 82 valence electrons. The number of aromatic nitrogens is 2. The monoisotopic (exact) mass is 282 g/mol. The van der Waals surface area contributed by atoms with Crippen molar-refractivity contribution in [2.24, 2.45) is 7.05 Å². The van der Waals surface area contributed by atoms with Crippen molar-refractivity contribution >= 4 is 38.6 Å². The van der Waals surface area contributed by atoms with Crippen molar-refractivity contribution in [3.63, 3.8) is 0 Å². The Morgan fingerprint density at radius 2 is 2.12 bits per heavy atom. The third-order valence-corrected chi connectivity index (χ3v) is 2.84. The third kappa shape index (κ3) is 1.51. The number of rotatable bonds is 2. The molecule has 0 unspecified atom stereocenters. The number of carbonyl (C=O) groups excluding carboxylic acids is 1. The molecule has 5 nitrogen and oxygen atoms in total. The fourth-order valence-electron chi connectivity index (χ4n) is 1.59. The Hall–Kier alpha value is -1.69. The zero-order valence-electron chi connectivity index (χ0n) is 8.27. The van der Waals surface area contributed by atoms with Gasteiger partial charge >= 0.3 is 5.97 Å². The average Bonchev–Trinajstić information content (AvgIpc) is 2.54. The van der Waals surface area contributed by atoms with Gasteiger partial charge in [0.25, 0.3) is 5.78 Å². The van der Waals surface area contributed by atoms with Crippen molar-refractivity contribution in [3.05, 3.63) is 28.4 Å². The molecule has 16 heavy (non-hydrogen) atoms. The van der Waals surface area contributed by atoms with Gasteiger partial charge in [0.1, 0.15) is 4.60 Å². The second-order valence-electron chi connectivity index (χ2n) is 3.25. The van der Waals surface area contributed by atoms with Gasteiger partial charge in [0, 0.05) is 12.4 Å². The number of fused-ring (bicyclic) bond motifs is 1. The van der Waals surface area contributed by atoms with E-state index in [1.807, 2.05) is 0 Å². The summed E-state index contributed by atoms with van der Waals surface area (Å²) in [5, 5.41) is 13.5. The van der Waals surface area contributed by atoms with Crippen LogP contribution in [0, 0.1) is 0 Å². The number of carboxylic acid groups (broad SMARTS) is 1. The molecule has 0 atom stereocenters. The van der Waals surface area contributed by atoms with Crippen LogP contribution in [0.25, 0.3) is 10.9 Å². The highest BCUT2D eigenvalue weighted by molar-refractivity contribution is 9.10. The first-order chi connectivity index (χ1) is 7.52. The average molecular weight is 283 g/mol. The molecule has 0 bridgehead atoms. The molecule has 1 aromatic heterocycles. The molecule has 0 aliphatic rings. The highest BCUT2D eigenvalue weighted by atomic mass is 79.9. The van der Waals surface area contributed by atoms with Gasteiger partial charge < -0.3 is 5.11 Å². The maximum Gasteiger partial charge on any atom is 0.377 e. The maximum atomic E-state index is 11.5. The standard InChI is InChI=1S/C10H7BrN2O3/c1-13-7-5(8(14)10(15)16)3-2-4-6(7)9(11)12-13/h2-4H,1H3,(H,15,16). The summed E-state index contributed by atoms with van der Waals surface area (Å²) in [6, 6.07) is 4.88. The van der Waals surface area contributed by atoms with Gasteiger partial charge in [-0.2, -0.15) is 5.10 Å². The Morgan fingerprint density at radius 3 is 2.75 bits per heavy atom. The van der Waals surface area contributed by atoms with Gasteiger partial charge in [-0.15, -0.1) is 0 Å². The summed E-state index contributed by atoms with van der Waals surface area (Å²) in [6.07, 6.45) is 0.